The molecule has 11 nitrogen and oxygen atoms in total. The van der Waals surface area contributed by atoms with E-state index in [9.17, 15) is 24.8 Å². The standard InChI is InChI=1S/C18H28ClN4O7P/c1-5-17(3,30-31(27,28)18(4,26)6-2)7-10-12(24)13(25)16(29-10)23-9-22-11-14(19)20-8-21-15(11)23/h8-10,12-13,16,24-26H,5-7H2,1-4H3,(H,27,28)/t10-,12-,13-,16?,17?,18?/m1/s1. The maximum Gasteiger partial charge on any atom is 0.359 e. The Morgan fingerprint density at radius 1 is 1.23 bits per heavy atom. The Morgan fingerprint density at radius 3 is 2.52 bits per heavy atom. The summed E-state index contributed by atoms with van der Waals surface area (Å²) in [5.74, 6) is 0. The molecule has 3 rings (SSSR count). The molecule has 174 valence electrons. The largest absolute Gasteiger partial charge is 0.388 e. The van der Waals surface area contributed by atoms with Crippen molar-refractivity contribution in [2.24, 2.45) is 0 Å². The summed E-state index contributed by atoms with van der Waals surface area (Å²) in [4.78, 5) is 22.4. The predicted octanol–water partition coefficient (Wildman–Crippen LogP) is 1.98. The van der Waals surface area contributed by atoms with Crippen molar-refractivity contribution in [2.75, 3.05) is 0 Å². The fourth-order valence-corrected chi connectivity index (χ4v) is 4.98. The van der Waals surface area contributed by atoms with Gasteiger partial charge >= 0.3 is 7.60 Å². The average molecular weight is 479 g/mol. The van der Waals surface area contributed by atoms with Gasteiger partial charge in [0.25, 0.3) is 0 Å². The van der Waals surface area contributed by atoms with Gasteiger partial charge in [0.15, 0.2) is 22.4 Å². The highest BCUT2D eigenvalue weighted by molar-refractivity contribution is 7.54. The molecule has 2 aromatic rings. The zero-order chi connectivity index (χ0) is 23.2. The van der Waals surface area contributed by atoms with Crippen LogP contribution in [0.1, 0.15) is 53.2 Å². The Morgan fingerprint density at radius 2 is 1.90 bits per heavy atom. The van der Waals surface area contributed by atoms with Crippen molar-refractivity contribution in [3.63, 3.8) is 0 Å². The van der Waals surface area contributed by atoms with Gasteiger partial charge in [-0.3, -0.25) is 9.13 Å². The van der Waals surface area contributed by atoms with Gasteiger partial charge in [-0.05, 0) is 26.7 Å². The van der Waals surface area contributed by atoms with Crippen LogP contribution in [0.25, 0.3) is 11.2 Å². The van der Waals surface area contributed by atoms with Gasteiger partial charge in [-0.15, -0.1) is 0 Å². The fourth-order valence-electron chi connectivity index (χ4n) is 3.41. The average Bonchev–Trinajstić information content (AvgIpc) is 3.25. The Balaban J connectivity index is 1.83. The molecule has 4 N–H and O–H groups in total. The number of aromatic nitrogens is 4. The van der Waals surface area contributed by atoms with E-state index in [1.54, 1.807) is 20.8 Å². The minimum Gasteiger partial charge on any atom is -0.388 e. The van der Waals surface area contributed by atoms with Crippen molar-refractivity contribution in [2.45, 2.75) is 82.4 Å². The summed E-state index contributed by atoms with van der Waals surface area (Å²) in [5, 5.41) is 29.7. The minimum atomic E-state index is -4.42. The zero-order valence-electron chi connectivity index (χ0n) is 17.7. The minimum absolute atomic E-state index is 0.00899. The molecule has 0 aliphatic carbocycles. The Labute approximate surface area is 184 Å². The first-order chi connectivity index (χ1) is 14.4. The highest BCUT2D eigenvalue weighted by atomic mass is 35.5. The van der Waals surface area contributed by atoms with E-state index in [0.29, 0.717) is 17.6 Å². The third kappa shape index (κ3) is 4.51. The molecule has 0 bridgehead atoms. The normalized spacial score (nSPS) is 30.1. The molecule has 0 spiro atoms. The predicted molar refractivity (Wildman–Crippen MR) is 111 cm³/mol. The number of imidazole rings is 1. The molecule has 1 aliphatic rings. The molecular formula is C18H28ClN4O7P. The zero-order valence-corrected chi connectivity index (χ0v) is 19.4. The van der Waals surface area contributed by atoms with Crippen molar-refractivity contribution < 1.29 is 34.0 Å². The lowest BCUT2D eigenvalue weighted by molar-refractivity contribution is -0.0689. The van der Waals surface area contributed by atoms with E-state index in [1.807, 2.05) is 0 Å². The first-order valence-corrected chi connectivity index (χ1v) is 11.9. The SMILES string of the molecule is CCC(C)(C[C@H]1OC(n2cnc3c(Cl)ncnc32)[C@H](O)[C@@H]1O)OP(=O)(O)C(C)(O)CC. The van der Waals surface area contributed by atoms with E-state index in [1.165, 1.54) is 24.1 Å². The van der Waals surface area contributed by atoms with Crippen LogP contribution in [-0.4, -0.2) is 69.0 Å². The summed E-state index contributed by atoms with van der Waals surface area (Å²) < 4.78 is 25.6. The molecule has 0 radical (unpaired) electrons. The number of aliphatic hydroxyl groups excluding tert-OH is 2. The number of nitrogens with zero attached hydrogens (tertiary/aromatic N) is 4. The number of fused-ring (bicyclic) bond motifs is 1. The van der Waals surface area contributed by atoms with Gasteiger partial charge in [0.1, 0.15) is 24.1 Å². The summed E-state index contributed by atoms with van der Waals surface area (Å²) in [7, 11) is -4.42. The third-order valence-corrected chi connectivity index (χ3v) is 8.43. The summed E-state index contributed by atoms with van der Waals surface area (Å²) >= 11 is 6.02. The molecule has 7 atom stereocenters. The van der Waals surface area contributed by atoms with E-state index >= 15 is 0 Å². The molecule has 31 heavy (non-hydrogen) atoms. The van der Waals surface area contributed by atoms with Gasteiger partial charge in [0, 0.05) is 6.42 Å². The quantitative estimate of drug-likeness (QED) is 0.326. The molecule has 0 aromatic carbocycles. The van der Waals surface area contributed by atoms with Crippen LogP contribution in [0, 0.1) is 0 Å². The second-order valence-electron chi connectivity index (χ2n) is 8.22. The molecular weight excluding hydrogens is 451 g/mol. The molecule has 0 amide bonds. The third-order valence-electron chi connectivity index (χ3n) is 5.93. The second kappa shape index (κ2) is 8.64. The van der Waals surface area contributed by atoms with Crippen LogP contribution in [0.15, 0.2) is 12.7 Å². The second-order valence-corrected chi connectivity index (χ2v) is 10.8. The van der Waals surface area contributed by atoms with E-state index < -0.39 is 43.1 Å². The lowest BCUT2D eigenvalue weighted by Crippen LogP contribution is -2.40. The topological polar surface area (TPSA) is 160 Å². The number of hydrogen-bond acceptors (Lipinski definition) is 9. The molecule has 1 saturated heterocycles. The number of hydrogen-bond donors (Lipinski definition) is 4. The van der Waals surface area contributed by atoms with Crippen molar-refractivity contribution in [3.8, 4) is 0 Å². The van der Waals surface area contributed by atoms with Gasteiger partial charge in [-0.1, -0.05) is 25.4 Å². The van der Waals surface area contributed by atoms with Gasteiger partial charge < -0.3 is 29.5 Å². The molecule has 1 aliphatic heterocycles. The van der Waals surface area contributed by atoms with Crippen LogP contribution in [0.5, 0.6) is 0 Å². The maximum atomic E-state index is 12.7. The van der Waals surface area contributed by atoms with Crippen molar-refractivity contribution in [1.29, 1.82) is 0 Å². The van der Waals surface area contributed by atoms with E-state index in [2.05, 4.69) is 15.0 Å². The number of rotatable bonds is 8. The lowest BCUT2D eigenvalue weighted by atomic mass is 9.93. The van der Waals surface area contributed by atoms with E-state index in [0.717, 1.165) is 0 Å². The van der Waals surface area contributed by atoms with E-state index in [4.69, 9.17) is 20.9 Å². The van der Waals surface area contributed by atoms with Gasteiger partial charge in [-0.2, -0.15) is 0 Å². The number of aliphatic hydroxyl groups is 3. The van der Waals surface area contributed by atoms with Crippen LogP contribution in [0.4, 0.5) is 0 Å². The molecule has 2 aromatic heterocycles. The molecule has 4 unspecified atom stereocenters. The Kier molecular flexibility index (Phi) is 6.82. The number of halogens is 1. The van der Waals surface area contributed by atoms with Crippen molar-refractivity contribution in [3.05, 3.63) is 17.8 Å². The van der Waals surface area contributed by atoms with Crippen LogP contribution in [0.2, 0.25) is 5.15 Å². The first-order valence-electron chi connectivity index (χ1n) is 9.96. The molecule has 0 saturated carbocycles. The van der Waals surface area contributed by atoms with Gasteiger partial charge in [0.05, 0.1) is 18.0 Å². The Bertz CT molecular complexity index is 989. The lowest BCUT2D eigenvalue weighted by Gasteiger charge is -2.37. The van der Waals surface area contributed by atoms with Crippen molar-refractivity contribution >= 4 is 30.4 Å². The summed E-state index contributed by atoms with van der Waals surface area (Å²) in [5.41, 5.74) is -0.570. The smallest absolute Gasteiger partial charge is 0.359 e. The fraction of sp³-hybridized carbons (Fsp3) is 0.722. The van der Waals surface area contributed by atoms with Crippen LogP contribution in [-0.2, 0) is 13.8 Å². The van der Waals surface area contributed by atoms with Gasteiger partial charge in [0.2, 0.25) is 0 Å². The molecule has 1 fully saturated rings. The molecule has 3 heterocycles. The summed E-state index contributed by atoms with van der Waals surface area (Å²) in [6.07, 6.45) is -1.64. The summed E-state index contributed by atoms with van der Waals surface area (Å²) in [6.45, 7) is 6.16. The number of ether oxygens (including phenoxy) is 1. The highest BCUT2D eigenvalue weighted by Crippen LogP contribution is 2.59. The molecule has 13 heteroatoms. The maximum absolute atomic E-state index is 12.7. The van der Waals surface area contributed by atoms with Crippen LogP contribution in [0.3, 0.4) is 0 Å². The van der Waals surface area contributed by atoms with Crippen LogP contribution < -0.4 is 0 Å². The van der Waals surface area contributed by atoms with Crippen LogP contribution >= 0.6 is 19.2 Å². The van der Waals surface area contributed by atoms with Crippen molar-refractivity contribution in [1.82, 2.24) is 19.5 Å². The highest BCUT2D eigenvalue weighted by Gasteiger charge is 2.50. The Hall–Kier alpha value is -1.17. The van der Waals surface area contributed by atoms with Gasteiger partial charge in [-0.25, -0.2) is 15.0 Å². The monoisotopic (exact) mass is 478 g/mol. The first kappa shape index (κ1) is 24.5. The summed E-state index contributed by atoms with van der Waals surface area (Å²) in [6, 6.07) is 0. The van der Waals surface area contributed by atoms with E-state index in [-0.39, 0.29) is 18.0 Å².